The summed E-state index contributed by atoms with van der Waals surface area (Å²) >= 11 is 5.94. The molecule has 1 aliphatic carbocycles. The van der Waals surface area contributed by atoms with Crippen molar-refractivity contribution >= 4 is 41.5 Å². The van der Waals surface area contributed by atoms with E-state index in [2.05, 4.69) is 10.6 Å². The first kappa shape index (κ1) is 22.1. The number of hydrogen-bond acceptors (Lipinski definition) is 3. The Morgan fingerprint density at radius 3 is 2.61 bits per heavy atom. The molecule has 3 rings (SSSR count). The normalized spacial score (nSPS) is 16.3. The van der Waals surface area contributed by atoms with Gasteiger partial charge in [-0.25, -0.2) is 0 Å². The number of aryl methyl sites for hydroxylation is 1. The van der Waals surface area contributed by atoms with Crippen molar-refractivity contribution in [2.75, 3.05) is 5.73 Å². The summed E-state index contributed by atoms with van der Waals surface area (Å²) < 4.78 is 0. The number of carbonyl (C=O) groups excluding carboxylic acids is 2. The van der Waals surface area contributed by atoms with E-state index in [9.17, 15) is 9.59 Å². The van der Waals surface area contributed by atoms with Gasteiger partial charge in [-0.15, -0.1) is 12.4 Å². The van der Waals surface area contributed by atoms with Gasteiger partial charge in [-0.2, -0.15) is 0 Å². The van der Waals surface area contributed by atoms with Gasteiger partial charge in [-0.05, 0) is 60.2 Å². The number of nitrogens with one attached hydrogen (secondary N) is 2. The minimum absolute atomic E-state index is 0. The van der Waals surface area contributed by atoms with Gasteiger partial charge < -0.3 is 16.4 Å². The third-order valence-electron chi connectivity index (χ3n) is 4.86. The lowest BCUT2D eigenvalue weighted by atomic mass is 9.87. The third kappa shape index (κ3) is 5.63. The Bertz CT molecular complexity index is 840. The van der Waals surface area contributed by atoms with Crippen LogP contribution in [-0.4, -0.2) is 11.8 Å². The molecule has 1 aliphatic rings. The van der Waals surface area contributed by atoms with Crippen molar-refractivity contribution in [2.24, 2.45) is 0 Å². The predicted molar refractivity (Wildman–Crippen MR) is 115 cm³/mol. The molecule has 0 bridgehead atoms. The van der Waals surface area contributed by atoms with E-state index in [0.717, 1.165) is 36.1 Å². The van der Waals surface area contributed by atoms with Gasteiger partial charge >= 0.3 is 0 Å². The monoisotopic (exact) mass is 421 g/mol. The minimum atomic E-state index is -0.394. The van der Waals surface area contributed by atoms with Gasteiger partial charge in [0, 0.05) is 17.6 Å². The van der Waals surface area contributed by atoms with E-state index in [4.69, 9.17) is 17.3 Å². The highest BCUT2D eigenvalue weighted by molar-refractivity contribution is 6.30. The number of nitrogen functional groups attached to an aromatic ring is 1. The highest BCUT2D eigenvalue weighted by Crippen LogP contribution is 2.31. The van der Waals surface area contributed by atoms with Crippen molar-refractivity contribution in [3.05, 3.63) is 64.2 Å². The molecule has 0 saturated carbocycles. The summed E-state index contributed by atoms with van der Waals surface area (Å²) in [7, 11) is 0. The van der Waals surface area contributed by atoms with Crippen molar-refractivity contribution in [1.29, 1.82) is 0 Å². The van der Waals surface area contributed by atoms with Gasteiger partial charge in [0.2, 0.25) is 11.8 Å². The summed E-state index contributed by atoms with van der Waals surface area (Å²) in [5.74, 6) is -0.278. The van der Waals surface area contributed by atoms with Crippen molar-refractivity contribution in [2.45, 2.75) is 44.7 Å². The number of nitrogens with two attached hydrogens (primary N) is 1. The van der Waals surface area contributed by atoms with Crippen LogP contribution in [-0.2, 0) is 16.0 Å². The molecule has 4 N–H and O–H groups in total. The van der Waals surface area contributed by atoms with Crippen LogP contribution < -0.4 is 16.4 Å². The van der Waals surface area contributed by atoms with Crippen molar-refractivity contribution < 1.29 is 9.59 Å². The van der Waals surface area contributed by atoms with Crippen molar-refractivity contribution in [3.63, 3.8) is 0 Å². The molecule has 7 heteroatoms. The zero-order valence-electron chi connectivity index (χ0n) is 15.7. The van der Waals surface area contributed by atoms with Crippen LogP contribution in [0.2, 0.25) is 5.02 Å². The van der Waals surface area contributed by atoms with Crippen LogP contribution in [0.1, 0.15) is 55.0 Å². The number of halogens is 2. The maximum Gasteiger partial charge on any atom is 0.222 e. The summed E-state index contributed by atoms with van der Waals surface area (Å²) in [5.41, 5.74) is 9.80. The van der Waals surface area contributed by atoms with E-state index >= 15 is 0 Å². The lowest BCUT2D eigenvalue weighted by molar-refractivity contribution is -0.123. The first-order valence-electron chi connectivity index (χ1n) is 9.12. The zero-order valence-corrected chi connectivity index (χ0v) is 17.3. The second-order valence-corrected chi connectivity index (χ2v) is 7.42. The first-order chi connectivity index (χ1) is 12.9. The molecule has 150 valence electrons. The average Bonchev–Trinajstić information content (AvgIpc) is 2.61. The molecule has 2 aromatic carbocycles. The quantitative estimate of drug-likeness (QED) is 0.635. The van der Waals surface area contributed by atoms with E-state index in [1.807, 2.05) is 30.3 Å². The molecule has 0 saturated heterocycles. The standard InChI is InChI=1S/C21H24ClN3O2.ClH/c1-13(26)24-20(14-5-7-16(22)8-6-14)12-21(27)25-19-4-2-3-15-11-17(23)9-10-18(15)19;/h5-11,19-20H,2-4,12,23H2,1H3,(H,24,26)(H,25,27);1H. The highest BCUT2D eigenvalue weighted by Gasteiger charge is 2.24. The van der Waals surface area contributed by atoms with Crippen molar-refractivity contribution in [1.82, 2.24) is 10.6 Å². The largest absolute Gasteiger partial charge is 0.399 e. The summed E-state index contributed by atoms with van der Waals surface area (Å²) in [6, 6.07) is 12.6. The van der Waals surface area contributed by atoms with Gasteiger partial charge in [-0.3, -0.25) is 9.59 Å². The Balaban J connectivity index is 0.00000280. The highest BCUT2D eigenvalue weighted by atomic mass is 35.5. The van der Waals surface area contributed by atoms with Crippen LogP contribution in [0.5, 0.6) is 0 Å². The number of rotatable bonds is 5. The molecule has 0 aromatic heterocycles. The fourth-order valence-electron chi connectivity index (χ4n) is 3.62. The summed E-state index contributed by atoms with van der Waals surface area (Å²) in [5, 5.41) is 6.59. The molecule has 2 aromatic rings. The first-order valence-corrected chi connectivity index (χ1v) is 9.50. The van der Waals surface area contributed by atoms with E-state index in [1.165, 1.54) is 12.5 Å². The molecule has 28 heavy (non-hydrogen) atoms. The molecule has 5 nitrogen and oxygen atoms in total. The van der Waals surface area contributed by atoms with Crippen LogP contribution in [0.15, 0.2) is 42.5 Å². The van der Waals surface area contributed by atoms with E-state index in [-0.39, 0.29) is 36.7 Å². The second kappa shape index (κ2) is 9.80. The molecular formula is C21H25Cl2N3O2. The molecular weight excluding hydrogens is 397 g/mol. The predicted octanol–water partition coefficient (Wildman–Crippen LogP) is 4.11. The molecule has 0 heterocycles. The van der Waals surface area contributed by atoms with Crippen molar-refractivity contribution in [3.8, 4) is 0 Å². The number of benzene rings is 2. The van der Waals surface area contributed by atoms with Gasteiger partial charge in [0.1, 0.15) is 0 Å². The molecule has 0 radical (unpaired) electrons. The Morgan fingerprint density at radius 1 is 1.21 bits per heavy atom. The Hall–Kier alpha value is -2.24. The van der Waals surface area contributed by atoms with E-state index in [1.54, 1.807) is 12.1 Å². The summed E-state index contributed by atoms with van der Waals surface area (Å²) in [6.45, 7) is 1.45. The lowest BCUT2D eigenvalue weighted by Crippen LogP contribution is -2.35. The third-order valence-corrected chi connectivity index (χ3v) is 5.11. The lowest BCUT2D eigenvalue weighted by Gasteiger charge is -2.27. The van der Waals surface area contributed by atoms with E-state index < -0.39 is 6.04 Å². The Labute approximate surface area is 176 Å². The van der Waals surface area contributed by atoms with Gasteiger partial charge in [0.05, 0.1) is 18.5 Å². The van der Waals surface area contributed by atoms with Crippen LogP contribution in [0.4, 0.5) is 5.69 Å². The molecule has 2 amide bonds. The minimum Gasteiger partial charge on any atom is -0.399 e. The summed E-state index contributed by atoms with van der Waals surface area (Å²) in [6.07, 6.45) is 3.05. The second-order valence-electron chi connectivity index (χ2n) is 6.98. The Kier molecular flexibility index (Phi) is 7.72. The molecule has 2 unspecified atom stereocenters. The number of carbonyl (C=O) groups is 2. The number of hydrogen-bond donors (Lipinski definition) is 3. The van der Waals surface area contributed by atoms with Gasteiger partial charge in [0.15, 0.2) is 0 Å². The fraction of sp³-hybridized carbons (Fsp3) is 0.333. The summed E-state index contributed by atoms with van der Waals surface area (Å²) in [4.78, 5) is 24.3. The maximum atomic E-state index is 12.7. The number of amides is 2. The number of fused-ring (bicyclic) bond motifs is 1. The molecule has 0 spiro atoms. The zero-order chi connectivity index (χ0) is 19.4. The smallest absolute Gasteiger partial charge is 0.222 e. The number of anilines is 1. The molecule has 2 atom stereocenters. The maximum absolute atomic E-state index is 12.7. The van der Waals surface area contributed by atoms with E-state index in [0.29, 0.717) is 5.02 Å². The molecule has 0 aliphatic heterocycles. The van der Waals surface area contributed by atoms with Crippen LogP contribution >= 0.6 is 24.0 Å². The van der Waals surface area contributed by atoms with Gasteiger partial charge in [-0.1, -0.05) is 29.8 Å². The SMILES string of the molecule is CC(=O)NC(CC(=O)NC1CCCc2cc(N)ccc21)c1ccc(Cl)cc1.Cl. The Morgan fingerprint density at radius 2 is 1.93 bits per heavy atom. The fourth-order valence-corrected chi connectivity index (χ4v) is 3.74. The van der Waals surface area contributed by atoms with Crippen LogP contribution in [0, 0.1) is 0 Å². The average molecular weight is 422 g/mol. The molecule has 0 fully saturated rings. The van der Waals surface area contributed by atoms with Crippen LogP contribution in [0.25, 0.3) is 0 Å². The topological polar surface area (TPSA) is 84.2 Å². The van der Waals surface area contributed by atoms with Gasteiger partial charge in [0.25, 0.3) is 0 Å². The van der Waals surface area contributed by atoms with Crippen LogP contribution in [0.3, 0.4) is 0 Å².